The van der Waals surface area contributed by atoms with Gasteiger partial charge < -0.3 is 10.1 Å². The van der Waals surface area contributed by atoms with E-state index in [9.17, 15) is 9.59 Å². The number of aryl methyl sites for hydroxylation is 1. The van der Waals surface area contributed by atoms with Crippen LogP contribution >= 0.6 is 0 Å². The smallest absolute Gasteiger partial charge is 0.413 e. The lowest BCUT2D eigenvalue weighted by Gasteiger charge is -2.20. The lowest BCUT2D eigenvalue weighted by molar-refractivity contribution is -0.114. The number of pyridine rings is 1. The number of carbonyl (C=O) groups excluding carboxylic acids is 2. The van der Waals surface area contributed by atoms with E-state index in [1.54, 1.807) is 33.0 Å². The summed E-state index contributed by atoms with van der Waals surface area (Å²) in [6.07, 6.45) is 0.935. The van der Waals surface area contributed by atoms with Crippen molar-refractivity contribution in [3.8, 4) is 0 Å². The van der Waals surface area contributed by atoms with Crippen LogP contribution in [0.3, 0.4) is 0 Å². The second-order valence-corrected chi connectivity index (χ2v) is 5.16. The summed E-state index contributed by atoms with van der Waals surface area (Å²) in [5.74, 6) is 0.0350. The molecule has 0 aliphatic rings. The van der Waals surface area contributed by atoms with Gasteiger partial charge >= 0.3 is 6.09 Å². The molecule has 1 rings (SSSR count). The molecule has 0 spiro atoms. The van der Waals surface area contributed by atoms with Crippen LogP contribution in [0.25, 0.3) is 0 Å². The SMILES string of the molecule is CC(=O)Nc1c(C)ccnc1NC(=O)OC(C)(C)C. The van der Waals surface area contributed by atoms with Gasteiger partial charge in [0.05, 0.1) is 5.69 Å². The molecule has 2 amide bonds. The van der Waals surface area contributed by atoms with Crippen molar-refractivity contribution in [1.29, 1.82) is 0 Å². The Morgan fingerprint density at radius 3 is 2.42 bits per heavy atom. The van der Waals surface area contributed by atoms with Gasteiger partial charge in [-0.15, -0.1) is 0 Å². The quantitative estimate of drug-likeness (QED) is 0.861. The van der Waals surface area contributed by atoms with Crippen molar-refractivity contribution in [2.75, 3.05) is 10.6 Å². The van der Waals surface area contributed by atoms with Gasteiger partial charge in [0.25, 0.3) is 0 Å². The van der Waals surface area contributed by atoms with Gasteiger partial charge in [-0.1, -0.05) is 0 Å². The molecule has 0 aliphatic heterocycles. The van der Waals surface area contributed by atoms with Gasteiger partial charge in [-0.2, -0.15) is 0 Å². The molecule has 104 valence electrons. The Morgan fingerprint density at radius 1 is 1.26 bits per heavy atom. The van der Waals surface area contributed by atoms with E-state index in [4.69, 9.17) is 4.74 Å². The van der Waals surface area contributed by atoms with Crippen molar-refractivity contribution < 1.29 is 14.3 Å². The monoisotopic (exact) mass is 265 g/mol. The van der Waals surface area contributed by atoms with Crippen molar-refractivity contribution in [2.45, 2.75) is 40.2 Å². The van der Waals surface area contributed by atoms with E-state index >= 15 is 0 Å². The van der Waals surface area contributed by atoms with Crippen LogP contribution < -0.4 is 10.6 Å². The molecular formula is C13H19N3O3. The molecule has 0 atom stereocenters. The van der Waals surface area contributed by atoms with E-state index in [0.717, 1.165) is 5.56 Å². The number of carbonyl (C=O) groups is 2. The first-order valence-corrected chi connectivity index (χ1v) is 5.92. The van der Waals surface area contributed by atoms with E-state index in [0.29, 0.717) is 5.69 Å². The zero-order valence-electron chi connectivity index (χ0n) is 11.8. The van der Waals surface area contributed by atoms with Gasteiger partial charge in [0.15, 0.2) is 5.82 Å². The number of ether oxygens (including phenoxy) is 1. The molecule has 0 radical (unpaired) electrons. The summed E-state index contributed by atoms with van der Waals surface area (Å²) in [5, 5.41) is 5.16. The fraction of sp³-hybridized carbons (Fsp3) is 0.462. The zero-order valence-corrected chi connectivity index (χ0v) is 11.8. The topological polar surface area (TPSA) is 80.3 Å². The molecule has 1 aromatic rings. The number of hydrogen-bond acceptors (Lipinski definition) is 4. The number of anilines is 2. The molecule has 0 saturated carbocycles. The maximum atomic E-state index is 11.7. The van der Waals surface area contributed by atoms with Crippen molar-refractivity contribution in [3.63, 3.8) is 0 Å². The molecule has 0 fully saturated rings. The van der Waals surface area contributed by atoms with Crippen LogP contribution in [0, 0.1) is 6.92 Å². The molecule has 1 heterocycles. The average molecular weight is 265 g/mol. The van der Waals surface area contributed by atoms with Gasteiger partial charge in [-0.25, -0.2) is 9.78 Å². The predicted octanol–water partition coefficient (Wildman–Crippen LogP) is 2.70. The summed E-state index contributed by atoms with van der Waals surface area (Å²) >= 11 is 0. The van der Waals surface area contributed by atoms with Gasteiger partial charge in [-0.05, 0) is 39.3 Å². The fourth-order valence-corrected chi connectivity index (χ4v) is 1.39. The van der Waals surface area contributed by atoms with Crippen LogP contribution in [0.1, 0.15) is 33.3 Å². The van der Waals surface area contributed by atoms with E-state index in [1.807, 2.05) is 6.92 Å². The van der Waals surface area contributed by atoms with Gasteiger partial charge in [-0.3, -0.25) is 10.1 Å². The molecular weight excluding hydrogens is 246 g/mol. The summed E-state index contributed by atoms with van der Waals surface area (Å²) < 4.78 is 5.14. The summed E-state index contributed by atoms with van der Waals surface area (Å²) in [6, 6.07) is 1.74. The molecule has 0 bridgehead atoms. The number of hydrogen-bond donors (Lipinski definition) is 2. The second-order valence-electron chi connectivity index (χ2n) is 5.16. The standard InChI is InChI=1S/C13H19N3O3/c1-8-6-7-14-11(10(8)15-9(2)17)16-12(18)19-13(3,4)5/h6-7H,1-5H3,(H,15,17)(H,14,16,18). The third-order valence-electron chi connectivity index (χ3n) is 2.08. The highest BCUT2D eigenvalue weighted by atomic mass is 16.6. The number of nitrogens with zero attached hydrogens (tertiary/aromatic N) is 1. The van der Waals surface area contributed by atoms with E-state index in [1.165, 1.54) is 6.92 Å². The van der Waals surface area contributed by atoms with E-state index in [2.05, 4.69) is 15.6 Å². The van der Waals surface area contributed by atoms with Gasteiger partial charge in [0.1, 0.15) is 5.60 Å². The Bertz CT molecular complexity index is 492. The molecule has 0 unspecified atom stereocenters. The lowest BCUT2D eigenvalue weighted by Crippen LogP contribution is -2.28. The summed E-state index contributed by atoms with van der Waals surface area (Å²) in [5.41, 5.74) is 0.680. The summed E-state index contributed by atoms with van der Waals surface area (Å²) in [7, 11) is 0. The van der Waals surface area contributed by atoms with Crippen molar-refractivity contribution >= 4 is 23.5 Å². The maximum absolute atomic E-state index is 11.7. The molecule has 1 aromatic heterocycles. The first-order valence-electron chi connectivity index (χ1n) is 5.92. The lowest BCUT2D eigenvalue weighted by atomic mass is 10.2. The molecule has 0 saturated heterocycles. The van der Waals surface area contributed by atoms with Crippen LogP contribution in [-0.4, -0.2) is 22.6 Å². The number of aromatic nitrogens is 1. The minimum atomic E-state index is -0.614. The highest BCUT2D eigenvalue weighted by Crippen LogP contribution is 2.23. The van der Waals surface area contributed by atoms with Gasteiger partial charge in [0.2, 0.25) is 5.91 Å². The minimum Gasteiger partial charge on any atom is -0.444 e. The first-order chi connectivity index (χ1) is 8.69. The van der Waals surface area contributed by atoms with Crippen LogP contribution in [0.5, 0.6) is 0 Å². The molecule has 6 heteroatoms. The highest BCUT2D eigenvalue weighted by Gasteiger charge is 2.18. The Morgan fingerprint density at radius 2 is 1.89 bits per heavy atom. The Balaban J connectivity index is 2.92. The Hall–Kier alpha value is -2.11. The minimum absolute atomic E-state index is 0.233. The highest BCUT2D eigenvalue weighted by molar-refractivity contribution is 5.96. The van der Waals surface area contributed by atoms with Gasteiger partial charge in [0, 0.05) is 13.1 Å². The van der Waals surface area contributed by atoms with Crippen molar-refractivity contribution in [1.82, 2.24) is 4.98 Å². The zero-order chi connectivity index (χ0) is 14.6. The second kappa shape index (κ2) is 5.69. The Labute approximate surface area is 112 Å². The molecule has 2 N–H and O–H groups in total. The average Bonchev–Trinajstić information content (AvgIpc) is 2.19. The normalized spacial score (nSPS) is 10.8. The largest absolute Gasteiger partial charge is 0.444 e. The van der Waals surface area contributed by atoms with Crippen molar-refractivity contribution in [3.05, 3.63) is 17.8 Å². The van der Waals surface area contributed by atoms with Crippen LogP contribution in [0.2, 0.25) is 0 Å². The molecule has 6 nitrogen and oxygen atoms in total. The number of rotatable bonds is 2. The van der Waals surface area contributed by atoms with Crippen LogP contribution in [-0.2, 0) is 9.53 Å². The van der Waals surface area contributed by atoms with Crippen LogP contribution in [0.4, 0.5) is 16.3 Å². The van der Waals surface area contributed by atoms with Crippen molar-refractivity contribution in [2.24, 2.45) is 0 Å². The molecule has 0 aromatic carbocycles. The predicted molar refractivity (Wildman–Crippen MR) is 73.1 cm³/mol. The molecule has 19 heavy (non-hydrogen) atoms. The van der Waals surface area contributed by atoms with E-state index < -0.39 is 11.7 Å². The maximum Gasteiger partial charge on any atom is 0.413 e. The first kappa shape index (κ1) is 14.9. The Kier molecular flexibility index (Phi) is 4.47. The number of nitrogens with one attached hydrogen (secondary N) is 2. The summed E-state index contributed by atoms with van der Waals surface area (Å²) in [6.45, 7) is 8.51. The van der Waals surface area contributed by atoms with E-state index in [-0.39, 0.29) is 11.7 Å². The summed E-state index contributed by atoms with van der Waals surface area (Å²) in [4.78, 5) is 26.9. The van der Waals surface area contributed by atoms with Crippen LogP contribution in [0.15, 0.2) is 12.3 Å². The third-order valence-corrected chi connectivity index (χ3v) is 2.08. The number of amides is 2. The third kappa shape index (κ3) is 4.95. The molecule has 0 aliphatic carbocycles. The fourth-order valence-electron chi connectivity index (χ4n) is 1.39.